The number of aryl methyl sites for hydroxylation is 1. The van der Waals surface area contributed by atoms with E-state index in [9.17, 15) is 4.39 Å². The smallest absolute Gasteiger partial charge is 0.178 e. The zero-order valence-electron chi connectivity index (χ0n) is 10.0. The average molecular weight is 313 g/mol. The molecule has 3 rings (SSSR count). The molecule has 2 aromatic heterocycles. The van der Waals surface area contributed by atoms with Crippen LogP contribution in [0.3, 0.4) is 0 Å². The number of fused-ring (bicyclic) bond motifs is 1. The molecule has 0 bridgehead atoms. The van der Waals surface area contributed by atoms with E-state index in [1.807, 2.05) is 22.8 Å². The van der Waals surface area contributed by atoms with Crippen molar-refractivity contribution in [3.8, 4) is 0 Å². The summed E-state index contributed by atoms with van der Waals surface area (Å²) in [5.74, 6) is -0.227. The van der Waals surface area contributed by atoms with Crippen molar-refractivity contribution in [3.63, 3.8) is 0 Å². The first-order valence-corrected chi connectivity index (χ1v) is 7.28. The molecule has 0 atom stereocenters. The van der Waals surface area contributed by atoms with Crippen LogP contribution in [0.2, 0.25) is 4.34 Å². The molecule has 0 aliphatic carbocycles. The standard InChI is InChI=1S/C13H10ClFN2S2/c1-7-4-11-10(5-9(7)15)16-13(18)17(11)6-8-2-3-12(14)19-8/h2-5H,6H2,1H3,(H,16,18). The molecule has 3 aromatic rings. The first kappa shape index (κ1) is 12.8. The molecule has 0 saturated heterocycles. The summed E-state index contributed by atoms with van der Waals surface area (Å²) in [7, 11) is 0. The highest BCUT2D eigenvalue weighted by molar-refractivity contribution is 7.71. The Morgan fingerprint density at radius 2 is 2.21 bits per heavy atom. The van der Waals surface area contributed by atoms with Gasteiger partial charge in [-0.05, 0) is 49.0 Å². The third-order valence-electron chi connectivity index (χ3n) is 3.00. The number of H-pyrrole nitrogens is 1. The van der Waals surface area contributed by atoms with Gasteiger partial charge in [-0.3, -0.25) is 0 Å². The van der Waals surface area contributed by atoms with E-state index < -0.39 is 0 Å². The average Bonchev–Trinajstić information content (AvgIpc) is 2.87. The summed E-state index contributed by atoms with van der Waals surface area (Å²) in [6.07, 6.45) is 0. The van der Waals surface area contributed by atoms with Gasteiger partial charge in [-0.2, -0.15) is 0 Å². The van der Waals surface area contributed by atoms with Crippen molar-refractivity contribution in [1.82, 2.24) is 9.55 Å². The predicted molar refractivity (Wildman–Crippen MR) is 80.2 cm³/mol. The Labute approximate surface area is 123 Å². The summed E-state index contributed by atoms with van der Waals surface area (Å²) < 4.78 is 16.8. The zero-order chi connectivity index (χ0) is 13.6. The molecule has 0 aliphatic rings. The lowest BCUT2D eigenvalue weighted by molar-refractivity contribution is 0.620. The second-order valence-electron chi connectivity index (χ2n) is 4.34. The van der Waals surface area contributed by atoms with Gasteiger partial charge in [0.1, 0.15) is 5.82 Å². The van der Waals surface area contributed by atoms with Crippen LogP contribution < -0.4 is 0 Å². The van der Waals surface area contributed by atoms with Crippen LogP contribution in [0.25, 0.3) is 11.0 Å². The maximum Gasteiger partial charge on any atom is 0.178 e. The van der Waals surface area contributed by atoms with E-state index in [1.54, 1.807) is 6.92 Å². The van der Waals surface area contributed by atoms with Crippen LogP contribution in [0, 0.1) is 17.5 Å². The van der Waals surface area contributed by atoms with Crippen molar-refractivity contribution in [3.05, 3.63) is 49.6 Å². The number of nitrogens with one attached hydrogen (secondary N) is 1. The van der Waals surface area contributed by atoms with Gasteiger partial charge in [-0.1, -0.05) is 11.6 Å². The number of benzene rings is 1. The molecule has 1 aromatic carbocycles. The minimum Gasteiger partial charge on any atom is -0.330 e. The molecule has 0 unspecified atom stereocenters. The van der Waals surface area contributed by atoms with E-state index >= 15 is 0 Å². The van der Waals surface area contributed by atoms with Crippen molar-refractivity contribution in [2.45, 2.75) is 13.5 Å². The molecular formula is C13H10ClFN2S2. The van der Waals surface area contributed by atoms with Crippen LogP contribution >= 0.6 is 35.2 Å². The molecule has 2 nitrogen and oxygen atoms in total. The van der Waals surface area contributed by atoms with Crippen molar-refractivity contribution in [1.29, 1.82) is 0 Å². The molecule has 2 heterocycles. The van der Waals surface area contributed by atoms with Crippen LogP contribution in [-0.4, -0.2) is 9.55 Å². The lowest BCUT2D eigenvalue weighted by atomic mass is 10.2. The van der Waals surface area contributed by atoms with Gasteiger partial charge >= 0.3 is 0 Å². The molecule has 0 fully saturated rings. The van der Waals surface area contributed by atoms with Crippen molar-refractivity contribution in [2.24, 2.45) is 0 Å². The maximum absolute atomic E-state index is 13.5. The second-order valence-corrected chi connectivity index (χ2v) is 6.53. The minimum atomic E-state index is -0.227. The Morgan fingerprint density at radius 3 is 2.89 bits per heavy atom. The van der Waals surface area contributed by atoms with Crippen LogP contribution in [0.1, 0.15) is 10.4 Å². The Balaban J connectivity index is 2.15. The molecule has 19 heavy (non-hydrogen) atoms. The van der Waals surface area contributed by atoms with Gasteiger partial charge < -0.3 is 9.55 Å². The lowest BCUT2D eigenvalue weighted by Gasteiger charge is -2.03. The van der Waals surface area contributed by atoms with Crippen LogP contribution in [0.15, 0.2) is 24.3 Å². The third kappa shape index (κ3) is 2.33. The lowest BCUT2D eigenvalue weighted by Crippen LogP contribution is -1.98. The highest BCUT2D eigenvalue weighted by Crippen LogP contribution is 2.25. The Morgan fingerprint density at radius 1 is 1.42 bits per heavy atom. The third-order valence-corrected chi connectivity index (χ3v) is 4.54. The monoisotopic (exact) mass is 312 g/mol. The van der Waals surface area contributed by atoms with E-state index in [0.29, 0.717) is 16.9 Å². The van der Waals surface area contributed by atoms with Crippen LogP contribution in [0.5, 0.6) is 0 Å². The van der Waals surface area contributed by atoms with Gasteiger partial charge in [-0.15, -0.1) is 11.3 Å². The molecule has 98 valence electrons. The summed E-state index contributed by atoms with van der Waals surface area (Å²) in [4.78, 5) is 4.15. The fraction of sp³-hybridized carbons (Fsp3) is 0.154. The van der Waals surface area contributed by atoms with E-state index in [0.717, 1.165) is 20.2 Å². The van der Waals surface area contributed by atoms with E-state index in [2.05, 4.69) is 4.98 Å². The topological polar surface area (TPSA) is 20.7 Å². The SMILES string of the molecule is Cc1cc2c(cc1F)[nH]c(=S)n2Cc1ccc(Cl)s1. The highest BCUT2D eigenvalue weighted by atomic mass is 35.5. The van der Waals surface area contributed by atoms with Gasteiger partial charge in [0.2, 0.25) is 0 Å². The van der Waals surface area contributed by atoms with Crippen molar-refractivity contribution < 1.29 is 4.39 Å². The number of thiophene rings is 1. The van der Waals surface area contributed by atoms with Crippen LogP contribution in [-0.2, 0) is 6.54 Å². The van der Waals surface area contributed by atoms with Crippen molar-refractivity contribution >= 4 is 46.2 Å². The first-order chi connectivity index (χ1) is 9.04. The zero-order valence-corrected chi connectivity index (χ0v) is 12.4. The number of nitrogens with zero attached hydrogens (tertiary/aromatic N) is 1. The normalized spacial score (nSPS) is 11.3. The largest absolute Gasteiger partial charge is 0.330 e. The number of imidazole rings is 1. The van der Waals surface area contributed by atoms with Gasteiger partial charge in [-0.25, -0.2) is 4.39 Å². The Bertz CT molecular complexity index is 816. The molecule has 0 radical (unpaired) electrons. The maximum atomic E-state index is 13.5. The van der Waals surface area contributed by atoms with Crippen LogP contribution in [0.4, 0.5) is 4.39 Å². The number of rotatable bonds is 2. The molecule has 0 aliphatic heterocycles. The summed E-state index contributed by atoms with van der Waals surface area (Å²) >= 11 is 12.8. The molecule has 0 amide bonds. The van der Waals surface area contributed by atoms with Gasteiger partial charge in [0.05, 0.1) is 21.9 Å². The summed E-state index contributed by atoms with van der Waals surface area (Å²) in [5, 5.41) is 0. The summed E-state index contributed by atoms with van der Waals surface area (Å²) in [5.41, 5.74) is 2.24. The highest BCUT2D eigenvalue weighted by Gasteiger charge is 2.09. The summed E-state index contributed by atoms with van der Waals surface area (Å²) in [6, 6.07) is 7.14. The first-order valence-electron chi connectivity index (χ1n) is 5.67. The molecule has 0 spiro atoms. The Kier molecular flexibility index (Phi) is 3.20. The number of aromatic nitrogens is 2. The van der Waals surface area contributed by atoms with Gasteiger partial charge in [0.15, 0.2) is 4.77 Å². The van der Waals surface area contributed by atoms with E-state index in [-0.39, 0.29) is 5.82 Å². The second kappa shape index (κ2) is 4.74. The molecular weight excluding hydrogens is 303 g/mol. The predicted octanol–water partition coefficient (Wildman–Crippen LogP) is 4.91. The number of hydrogen-bond donors (Lipinski definition) is 1. The van der Waals surface area contributed by atoms with Gasteiger partial charge in [0.25, 0.3) is 0 Å². The molecule has 1 N–H and O–H groups in total. The van der Waals surface area contributed by atoms with E-state index in [4.69, 9.17) is 23.8 Å². The van der Waals surface area contributed by atoms with E-state index in [1.165, 1.54) is 17.4 Å². The summed E-state index contributed by atoms with van der Waals surface area (Å²) in [6.45, 7) is 2.39. The number of hydrogen-bond acceptors (Lipinski definition) is 2. The van der Waals surface area contributed by atoms with Crippen molar-refractivity contribution in [2.75, 3.05) is 0 Å². The molecule has 0 saturated carbocycles. The molecule has 6 heteroatoms. The minimum absolute atomic E-state index is 0.227. The van der Waals surface area contributed by atoms with Gasteiger partial charge in [0, 0.05) is 4.88 Å². The number of halogens is 2. The number of aromatic amines is 1. The Hall–Kier alpha value is -1.17. The quantitative estimate of drug-likeness (QED) is 0.667. The fourth-order valence-electron chi connectivity index (χ4n) is 2.03. The fourth-order valence-corrected chi connectivity index (χ4v) is 3.38.